The molecule has 0 unspecified atom stereocenters. The van der Waals surface area contributed by atoms with Crippen LogP contribution < -0.4 is 11.1 Å². The number of halogens is 1. The van der Waals surface area contributed by atoms with Crippen LogP contribution in [0.5, 0.6) is 0 Å². The van der Waals surface area contributed by atoms with E-state index in [1.54, 1.807) is 12.1 Å². The molecule has 0 saturated heterocycles. The SMILES string of the molecule is N=Cc1c(N)ccc(NC(=N)c2ccccc2)c1Cl. The van der Waals surface area contributed by atoms with E-state index in [-0.39, 0.29) is 5.84 Å². The predicted octanol–water partition coefficient (Wildman–Crippen LogP) is 3.36. The first-order valence-corrected chi connectivity index (χ1v) is 6.00. The van der Waals surface area contributed by atoms with E-state index in [2.05, 4.69) is 5.32 Å². The molecule has 2 aromatic rings. The van der Waals surface area contributed by atoms with Gasteiger partial charge in [0.2, 0.25) is 0 Å². The van der Waals surface area contributed by atoms with Gasteiger partial charge < -0.3 is 16.5 Å². The van der Waals surface area contributed by atoms with E-state index in [9.17, 15) is 0 Å². The Hall–Kier alpha value is -2.33. The largest absolute Gasteiger partial charge is 0.398 e. The minimum absolute atomic E-state index is 0.239. The Morgan fingerprint density at radius 1 is 1.16 bits per heavy atom. The summed E-state index contributed by atoms with van der Waals surface area (Å²) in [6, 6.07) is 12.6. The molecule has 0 atom stereocenters. The first kappa shape index (κ1) is 13.1. The van der Waals surface area contributed by atoms with E-state index in [0.29, 0.717) is 22.0 Å². The van der Waals surface area contributed by atoms with Gasteiger partial charge in [0.25, 0.3) is 0 Å². The van der Waals surface area contributed by atoms with Crippen molar-refractivity contribution in [3.63, 3.8) is 0 Å². The summed E-state index contributed by atoms with van der Waals surface area (Å²) < 4.78 is 0. The fourth-order valence-electron chi connectivity index (χ4n) is 1.66. The van der Waals surface area contributed by atoms with E-state index in [1.165, 1.54) is 0 Å². The van der Waals surface area contributed by atoms with Gasteiger partial charge in [-0.1, -0.05) is 41.9 Å². The minimum atomic E-state index is 0.239. The normalized spacial score (nSPS) is 9.95. The first-order chi connectivity index (χ1) is 9.13. The highest BCUT2D eigenvalue weighted by atomic mass is 35.5. The molecule has 0 aliphatic carbocycles. The number of benzene rings is 2. The van der Waals surface area contributed by atoms with Gasteiger partial charge in [0.1, 0.15) is 5.84 Å². The lowest BCUT2D eigenvalue weighted by molar-refractivity contribution is 1.44. The second-order valence-corrected chi connectivity index (χ2v) is 4.32. The Morgan fingerprint density at radius 3 is 2.47 bits per heavy atom. The molecule has 0 fully saturated rings. The van der Waals surface area contributed by atoms with Crippen LogP contribution in [0.4, 0.5) is 11.4 Å². The summed E-state index contributed by atoms with van der Waals surface area (Å²) in [5, 5.41) is 18.5. The van der Waals surface area contributed by atoms with Crippen molar-refractivity contribution in [1.29, 1.82) is 10.8 Å². The maximum atomic E-state index is 7.99. The van der Waals surface area contributed by atoms with Gasteiger partial charge in [-0.25, -0.2) is 0 Å². The summed E-state index contributed by atoms with van der Waals surface area (Å²) in [5.41, 5.74) is 7.93. The summed E-state index contributed by atoms with van der Waals surface area (Å²) in [4.78, 5) is 0. The van der Waals surface area contributed by atoms with Crippen LogP contribution in [-0.4, -0.2) is 12.1 Å². The lowest BCUT2D eigenvalue weighted by Gasteiger charge is -2.12. The highest BCUT2D eigenvalue weighted by Gasteiger charge is 2.10. The number of nitrogen functional groups attached to an aromatic ring is 1. The van der Waals surface area contributed by atoms with Gasteiger partial charge in [-0.3, -0.25) is 5.41 Å². The van der Waals surface area contributed by atoms with Crippen molar-refractivity contribution in [3.8, 4) is 0 Å². The zero-order valence-corrected chi connectivity index (χ0v) is 10.8. The molecule has 2 aromatic carbocycles. The molecule has 2 rings (SSSR count). The summed E-state index contributed by atoms with van der Waals surface area (Å²) in [7, 11) is 0. The van der Waals surface area contributed by atoms with E-state index in [1.807, 2.05) is 30.3 Å². The van der Waals surface area contributed by atoms with Gasteiger partial charge >= 0.3 is 0 Å². The van der Waals surface area contributed by atoms with E-state index in [0.717, 1.165) is 11.8 Å². The van der Waals surface area contributed by atoms with Crippen LogP contribution in [0.3, 0.4) is 0 Å². The Bertz CT molecular complexity index is 623. The van der Waals surface area contributed by atoms with Crippen molar-refractivity contribution in [2.75, 3.05) is 11.1 Å². The number of amidine groups is 1. The zero-order chi connectivity index (χ0) is 13.8. The minimum Gasteiger partial charge on any atom is -0.398 e. The van der Waals surface area contributed by atoms with Crippen molar-refractivity contribution in [2.24, 2.45) is 0 Å². The predicted molar refractivity (Wildman–Crippen MR) is 80.6 cm³/mol. The standard InChI is InChI=1S/C14H13ClN4/c15-13-10(8-16)11(17)6-7-12(13)19-14(18)9-4-2-1-3-5-9/h1-8,16H,17H2,(H2,18,19). The van der Waals surface area contributed by atoms with Gasteiger partial charge in [0.05, 0.1) is 10.7 Å². The lowest BCUT2D eigenvalue weighted by atomic mass is 10.1. The fraction of sp³-hybridized carbons (Fsp3) is 0. The van der Waals surface area contributed by atoms with Crippen molar-refractivity contribution >= 4 is 35.0 Å². The number of hydrogen-bond acceptors (Lipinski definition) is 3. The van der Waals surface area contributed by atoms with Crippen LogP contribution >= 0.6 is 11.6 Å². The molecule has 0 radical (unpaired) electrons. The number of anilines is 2. The van der Waals surface area contributed by atoms with Crippen LogP contribution in [0.1, 0.15) is 11.1 Å². The van der Waals surface area contributed by atoms with E-state index < -0.39 is 0 Å². The zero-order valence-electron chi connectivity index (χ0n) is 10.1. The average molecular weight is 273 g/mol. The quantitative estimate of drug-likeness (QED) is 0.392. The van der Waals surface area contributed by atoms with Gasteiger partial charge in [-0.05, 0) is 12.1 Å². The Kier molecular flexibility index (Phi) is 3.82. The molecule has 0 saturated carbocycles. The van der Waals surface area contributed by atoms with E-state index in [4.69, 9.17) is 28.2 Å². The van der Waals surface area contributed by atoms with Gasteiger partial charge in [-0.15, -0.1) is 0 Å². The molecule has 96 valence electrons. The monoisotopic (exact) mass is 272 g/mol. The highest BCUT2D eigenvalue weighted by molar-refractivity contribution is 6.37. The summed E-state index contributed by atoms with van der Waals surface area (Å²) in [6.07, 6.45) is 1.11. The second kappa shape index (κ2) is 5.54. The third-order valence-corrected chi connectivity index (χ3v) is 3.09. The molecule has 0 spiro atoms. The summed E-state index contributed by atoms with van der Waals surface area (Å²) in [6.45, 7) is 0. The molecule has 0 amide bonds. The lowest BCUT2D eigenvalue weighted by Crippen LogP contribution is -2.12. The maximum absolute atomic E-state index is 7.99. The number of nitrogens with two attached hydrogens (primary N) is 1. The van der Waals surface area contributed by atoms with Crippen LogP contribution in [0.2, 0.25) is 5.02 Å². The second-order valence-electron chi connectivity index (χ2n) is 3.94. The molecule has 4 nitrogen and oxygen atoms in total. The molecule has 5 heteroatoms. The fourth-order valence-corrected chi connectivity index (χ4v) is 1.94. The molecule has 19 heavy (non-hydrogen) atoms. The molecule has 0 heterocycles. The number of hydrogen-bond donors (Lipinski definition) is 4. The molecule has 0 bridgehead atoms. The highest BCUT2D eigenvalue weighted by Crippen LogP contribution is 2.29. The van der Waals surface area contributed by atoms with Crippen LogP contribution in [0.25, 0.3) is 0 Å². The molecule has 0 aromatic heterocycles. The summed E-state index contributed by atoms with van der Waals surface area (Å²) >= 11 is 6.16. The van der Waals surface area contributed by atoms with Gasteiger partial charge in [0.15, 0.2) is 0 Å². The number of nitrogens with one attached hydrogen (secondary N) is 3. The molecular weight excluding hydrogens is 260 g/mol. The van der Waals surface area contributed by atoms with Crippen LogP contribution in [0.15, 0.2) is 42.5 Å². The van der Waals surface area contributed by atoms with Crippen molar-refractivity contribution in [3.05, 3.63) is 58.6 Å². The molecule has 0 aliphatic rings. The topological polar surface area (TPSA) is 85.8 Å². The van der Waals surface area contributed by atoms with Gasteiger partial charge in [0, 0.05) is 23.0 Å². The van der Waals surface area contributed by atoms with Crippen LogP contribution in [0, 0.1) is 10.8 Å². The Balaban J connectivity index is 2.30. The van der Waals surface area contributed by atoms with E-state index >= 15 is 0 Å². The number of rotatable bonds is 3. The molecule has 0 aliphatic heterocycles. The third-order valence-electron chi connectivity index (χ3n) is 2.68. The molecular formula is C14H13ClN4. The average Bonchev–Trinajstić information content (AvgIpc) is 2.43. The Labute approximate surface area is 116 Å². The summed E-state index contributed by atoms with van der Waals surface area (Å²) in [5.74, 6) is 0.239. The van der Waals surface area contributed by atoms with Crippen molar-refractivity contribution < 1.29 is 0 Å². The van der Waals surface area contributed by atoms with Crippen molar-refractivity contribution in [2.45, 2.75) is 0 Å². The first-order valence-electron chi connectivity index (χ1n) is 5.63. The van der Waals surface area contributed by atoms with Crippen molar-refractivity contribution in [1.82, 2.24) is 0 Å². The van der Waals surface area contributed by atoms with Gasteiger partial charge in [-0.2, -0.15) is 0 Å². The third kappa shape index (κ3) is 2.74. The Morgan fingerprint density at radius 2 is 1.84 bits per heavy atom. The molecule has 5 N–H and O–H groups in total. The maximum Gasteiger partial charge on any atom is 0.129 e. The smallest absolute Gasteiger partial charge is 0.129 e. The van der Waals surface area contributed by atoms with Crippen LogP contribution in [-0.2, 0) is 0 Å².